The summed E-state index contributed by atoms with van der Waals surface area (Å²) in [6, 6.07) is 11.0. The standard InChI is InChI=1S/C27H33P2/c1-21(29(26(2,3)4)27(5,6)7)24-19-14-20-25(24)28(22-15-10-8-11-16-22)23-17-12-9-13-18-23/h8-13,15-17,21H,18H2,1-7H3. The van der Waals surface area contributed by atoms with Crippen molar-refractivity contribution < 1.29 is 0 Å². The summed E-state index contributed by atoms with van der Waals surface area (Å²) in [5.74, 6) is 0. The fraction of sp³-hybridized carbons (Fsp3) is 0.407. The highest BCUT2D eigenvalue weighted by molar-refractivity contribution is 7.74. The van der Waals surface area contributed by atoms with Crippen LogP contribution in [0.3, 0.4) is 0 Å². The summed E-state index contributed by atoms with van der Waals surface area (Å²) >= 11 is 0. The van der Waals surface area contributed by atoms with Gasteiger partial charge in [0.15, 0.2) is 0 Å². The van der Waals surface area contributed by atoms with Crippen molar-refractivity contribution >= 4 is 21.1 Å². The van der Waals surface area contributed by atoms with E-state index in [1.165, 1.54) is 21.5 Å². The van der Waals surface area contributed by atoms with E-state index in [1.54, 1.807) is 0 Å². The first-order valence-electron chi connectivity index (χ1n) is 10.5. The molecule has 2 atom stereocenters. The van der Waals surface area contributed by atoms with E-state index in [9.17, 15) is 0 Å². The molecule has 0 bridgehead atoms. The Labute approximate surface area is 180 Å². The van der Waals surface area contributed by atoms with Crippen LogP contribution in [0.1, 0.15) is 54.9 Å². The second-order valence-corrected chi connectivity index (χ2v) is 16.1. The molecule has 2 aliphatic carbocycles. The van der Waals surface area contributed by atoms with E-state index in [4.69, 9.17) is 0 Å². The number of hydrogen-bond donors (Lipinski definition) is 0. The first kappa shape index (κ1) is 22.3. The normalized spacial score (nSPS) is 18.6. The molecule has 0 saturated heterocycles. The summed E-state index contributed by atoms with van der Waals surface area (Å²) in [6.07, 6.45) is 9.91. The predicted octanol–water partition coefficient (Wildman–Crippen LogP) is 8.04. The molecule has 0 N–H and O–H groups in total. The molecule has 0 spiro atoms. The zero-order valence-electron chi connectivity index (χ0n) is 18.9. The van der Waals surface area contributed by atoms with E-state index >= 15 is 0 Å². The van der Waals surface area contributed by atoms with Crippen LogP contribution in [0.4, 0.5) is 0 Å². The van der Waals surface area contributed by atoms with Crippen molar-refractivity contribution in [1.29, 1.82) is 0 Å². The summed E-state index contributed by atoms with van der Waals surface area (Å²) in [4.78, 5) is 0. The molecule has 1 aromatic rings. The van der Waals surface area contributed by atoms with Crippen molar-refractivity contribution in [2.75, 3.05) is 0 Å². The predicted molar refractivity (Wildman–Crippen MR) is 133 cm³/mol. The molecule has 3 rings (SSSR count). The van der Waals surface area contributed by atoms with Gasteiger partial charge in [-0.25, -0.2) is 0 Å². The van der Waals surface area contributed by atoms with Gasteiger partial charge in [0, 0.05) is 23.0 Å². The summed E-state index contributed by atoms with van der Waals surface area (Å²) in [7, 11) is -0.895. The summed E-state index contributed by atoms with van der Waals surface area (Å²) in [5, 5.41) is 4.75. The lowest BCUT2D eigenvalue weighted by Crippen LogP contribution is -2.31. The monoisotopic (exact) mass is 419 g/mol. The maximum absolute atomic E-state index is 3.52. The Kier molecular flexibility index (Phi) is 6.77. The molecule has 0 amide bonds. The largest absolute Gasteiger partial charge is 0.0875 e. The minimum atomic E-state index is -0.611. The van der Waals surface area contributed by atoms with Crippen molar-refractivity contribution in [3.8, 4) is 0 Å². The minimum absolute atomic E-state index is 0.269. The van der Waals surface area contributed by atoms with Crippen LogP contribution >= 0.6 is 15.8 Å². The molecule has 0 aromatic heterocycles. The van der Waals surface area contributed by atoms with Gasteiger partial charge >= 0.3 is 0 Å². The molecule has 151 valence electrons. The summed E-state index contributed by atoms with van der Waals surface area (Å²) < 4.78 is 0. The van der Waals surface area contributed by atoms with Crippen molar-refractivity contribution in [3.63, 3.8) is 0 Å². The molecule has 2 heteroatoms. The highest BCUT2D eigenvalue weighted by atomic mass is 31.1. The maximum atomic E-state index is 3.52. The Bertz CT molecular complexity index is 930. The van der Waals surface area contributed by atoms with Crippen molar-refractivity contribution in [3.05, 3.63) is 88.4 Å². The van der Waals surface area contributed by atoms with Crippen molar-refractivity contribution in [1.82, 2.24) is 0 Å². The second-order valence-electron chi connectivity index (χ2n) is 9.68. The van der Waals surface area contributed by atoms with E-state index in [0.29, 0.717) is 5.66 Å². The van der Waals surface area contributed by atoms with Crippen LogP contribution in [0.15, 0.2) is 82.0 Å². The van der Waals surface area contributed by atoms with Gasteiger partial charge < -0.3 is 0 Å². The fourth-order valence-electron chi connectivity index (χ4n) is 4.74. The fourth-order valence-corrected chi connectivity index (χ4v) is 12.2. The zero-order chi connectivity index (χ0) is 21.2. The van der Waals surface area contributed by atoms with E-state index in [0.717, 1.165) is 6.42 Å². The number of hydrogen-bond acceptors (Lipinski definition) is 0. The average molecular weight is 420 g/mol. The topological polar surface area (TPSA) is 0 Å². The second kappa shape index (κ2) is 8.79. The highest BCUT2D eigenvalue weighted by Crippen LogP contribution is 2.67. The Balaban J connectivity index is 2.03. The molecule has 1 aromatic carbocycles. The zero-order valence-corrected chi connectivity index (χ0v) is 20.7. The molecule has 0 fully saturated rings. The molecule has 0 heterocycles. The molecule has 1 radical (unpaired) electrons. The van der Waals surface area contributed by atoms with Crippen LogP contribution in [0, 0.1) is 6.42 Å². The highest BCUT2D eigenvalue weighted by Gasteiger charge is 2.41. The number of rotatable bonds is 5. The van der Waals surface area contributed by atoms with Gasteiger partial charge in [0.05, 0.1) is 0 Å². The van der Waals surface area contributed by atoms with Crippen LogP contribution in [0.25, 0.3) is 0 Å². The lowest BCUT2D eigenvalue weighted by molar-refractivity contribution is 0.695. The average Bonchev–Trinajstić information content (AvgIpc) is 3.11. The third kappa shape index (κ3) is 5.04. The summed E-state index contributed by atoms with van der Waals surface area (Å²) in [5.41, 5.74) is 12.1. The molecule has 0 nitrogen and oxygen atoms in total. The van der Waals surface area contributed by atoms with Gasteiger partial charge in [-0.3, -0.25) is 0 Å². The first-order valence-corrected chi connectivity index (χ1v) is 13.2. The van der Waals surface area contributed by atoms with Crippen LogP contribution in [-0.2, 0) is 0 Å². The van der Waals surface area contributed by atoms with E-state index in [2.05, 4.69) is 121 Å². The Morgan fingerprint density at radius 3 is 2.14 bits per heavy atom. The SMILES string of the molecule is CC(C1=C=C=C=C1P(C1=C[CH]C=CC1)c1ccccc1)P(C(C)(C)C)C(C)(C)C. The molecule has 0 saturated carbocycles. The molecular weight excluding hydrogens is 386 g/mol. The number of benzene rings is 1. The van der Waals surface area contributed by atoms with E-state index < -0.39 is 7.92 Å². The van der Waals surface area contributed by atoms with Gasteiger partial charge in [-0.2, -0.15) is 0 Å². The smallest absolute Gasteiger partial charge is 0.0473 e. The number of allylic oxidation sites excluding steroid dienone is 6. The molecular formula is C27H33P2. The van der Waals surface area contributed by atoms with Crippen LogP contribution < -0.4 is 5.30 Å². The minimum Gasteiger partial charge on any atom is -0.0875 e. The van der Waals surface area contributed by atoms with E-state index in [-0.39, 0.29) is 18.2 Å². The molecule has 29 heavy (non-hydrogen) atoms. The molecule has 2 aliphatic rings. The van der Waals surface area contributed by atoms with Gasteiger partial charge in [0.2, 0.25) is 0 Å². The lowest BCUT2D eigenvalue weighted by Gasteiger charge is -2.46. The Morgan fingerprint density at radius 2 is 1.59 bits per heavy atom. The van der Waals surface area contributed by atoms with Crippen LogP contribution in [0.2, 0.25) is 0 Å². The van der Waals surface area contributed by atoms with Crippen molar-refractivity contribution in [2.45, 2.75) is 70.9 Å². The van der Waals surface area contributed by atoms with Crippen LogP contribution in [0.5, 0.6) is 0 Å². The lowest BCUT2D eigenvalue weighted by atomic mass is 10.2. The quantitative estimate of drug-likeness (QED) is 0.335. The van der Waals surface area contributed by atoms with Gasteiger partial charge in [0.25, 0.3) is 0 Å². The molecule has 0 aliphatic heterocycles. The maximum Gasteiger partial charge on any atom is 0.0473 e. The van der Waals surface area contributed by atoms with E-state index in [1.807, 2.05) is 0 Å². The summed E-state index contributed by atoms with van der Waals surface area (Å²) in [6.45, 7) is 16.8. The van der Waals surface area contributed by atoms with Gasteiger partial charge in [-0.1, -0.05) is 116 Å². The van der Waals surface area contributed by atoms with Gasteiger partial charge in [-0.05, 0) is 41.0 Å². The van der Waals surface area contributed by atoms with Gasteiger partial charge in [0.1, 0.15) is 0 Å². The van der Waals surface area contributed by atoms with Crippen LogP contribution in [-0.4, -0.2) is 16.0 Å². The van der Waals surface area contributed by atoms with Gasteiger partial charge in [-0.15, -0.1) is 0 Å². The third-order valence-corrected chi connectivity index (χ3v) is 11.7. The first-order chi connectivity index (χ1) is 13.6. The Hall–Kier alpha value is -1.36. The van der Waals surface area contributed by atoms with Crippen molar-refractivity contribution in [2.24, 2.45) is 0 Å². The third-order valence-electron chi connectivity index (χ3n) is 5.27. The Morgan fingerprint density at radius 1 is 0.931 bits per heavy atom. The molecule has 2 unspecified atom stereocenters.